The first-order valence-electron chi connectivity index (χ1n) is 8.15. The molecule has 1 saturated heterocycles. The number of rotatable bonds is 0. The molecule has 1 atom stereocenters. The van der Waals surface area contributed by atoms with Gasteiger partial charge >= 0.3 is 6.09 Å². The Labute approximate surface area is 144 Å². The molecule has 0 aromatic heterocycles. The Kier molecular flexibility index (Phi) is 4.97. The van der Waals surface area contributed by atoms with Gasteiger partial charge in [-0.15, -0.1) is 12.4 Å². The quantitative estimate of drug-likeness (QED) is 0.756. The minimum Gasteiger partial charge on any atom is -0.465 e. The fourth-order valence-corrected chi connectivity index (χ4v) is 4.33. The van der Waals surface area contributed by atoms with E-state index in [2.05, 4.69) is 44.3 Å². The minimum absolute atomic E-state index is 0. The maximum Gasteiger partial charge on any atom is 0.407 e. The molecule has 2 aliphatic heterocycles. The number of amides is 1. The zero-order chi connectivity index (χ0) is 16.0. The van der Waals surface area contributed by atoms with Gasteiger partial charge in [0.15, 0.2) is 0 Å². The number of nitrogens with one attached hydrogen (secondary N) is 1. The summed E-state index contributed by atoms with van der Waals surface area (Å²) in [6.07, 6.45) is 1.21. The maximum absolute atomic E-state index is 12.0. The van der Waals surface area contributed by atoms with Crippen LogP contribution in [-0.4, -0.2) is 35.7 Å². The van der Waals surface area contributed by atoms with E-state index in [0.717, 1.165) is 25.9 Å². The summed E-state index contributed by atoms with van der Waals surface area (Å²) in [5.74, 6) is 0. The molecule has 0 aliphatic carbocycles. The summed E-state index contributed by atoms with van der Waals surface area (Å²) >= 11 is 0. The third kappa shape index (κ3) is 3.07. The Morgan fingerprint density at radius 3 is 2.43 bits per heavy atom. The van der Waals surface area contributed by atoms with Crippen molar-refractivity contribution in [1.82, 2.24) is 10.2 Å². The molecule has 1 aromatic rings. The summed E-state index contributed by atoms with van der Waals surface area (Å²) in [7, 11) is 0. The van der Waals surface area contributed by atoms with Crippen LogP contribution in [0.4, 0.5) is 4.79 Å². The van der Waals surface area contributed by atoms with Gasteiger partial charge in [0.05, 0.1) is 6.04 Å². The lowest BCUT2D eigenvalue weighted by molar-refractivity contribution is 0.0450. The molecule has 4 nitrogen and oxygen atoms in total. The van der Waals surface area contributed by atoms with E-state index in [4.69, 9.17) is 0 Å². The molecule has 23 heavy (non-hydrogen) atoms. The standard InChI is InChI=1S/C18H26N2O2.ClH/c1-17(2,3)15-13-6-4-5-7-14(13)18(8-10-19-11-9-18)12-20(15)16(21)22;/h4-7,15,19H,8-12H2,1-3H3,(H,21,22);1H. The molecule has 128 valence electrons. The van der Waals surface area contributed by atoms with E-state index >= 15 is 0 Å². The highest BCUT2D eigenvalue weighted by Crippen LogP contribution is 2.50. The largest absolute Gasteiger partial charge is 0.465 e. The monoisotopic (exact) mass is 338 g/mol. The van der Waals surface area contributed by atoms with Crippen LogP contribution in [0.5, 0.6) is 0 Å². The highest BCUT2D eigenvalue weighted by Gasteiger charge is 2.48. The van der Waals surface area contributed by atoms with E-state index in [0.29, 0.717) is 6.54 Å². The first-order valence-corrected chi connectivity index (χ1v) is 8.15. The molecule has 1 unspecified atom stereocenters. The summed E-state index contributed by atoms with van der Waals surface area (Å²) in [5.41, 5.74) is 2.42. The Morgan fingerprint density at radius 2 is 1.87 bits per heavy atom. The number of halogens is 1. The minimum atomic E-state index is -0.799. The normalized spacial score (nSPS) is 23.1. The van der Waals surface area contributed by atoms with Gasteiger partial charge in [-0.1, -0.05) is 45.0 Å². The lowest BCUT2D eigenvalue weighted by Gasteiger charge is -2.52. The van der Waals surface area contributed by atoms with Gasteiger partial charge in [-0.3, -0.25) is 4.90 Å². The summed E-state index contributed by atoms with van der Waals surface area (Å²) in [4.78, 5) is 13.6. The van der Waals surface area contributed by atoms with Crippen LogP contribution in [0.15, 0.2) is 24.3 Å². The Balaban J connectivity index is 0.00000192. The molecule has 0 radical (unpaired) electrons. The predicted octanol–water partition coefficient (Wildman–Crippen LogP) is 3.81. The molecule has 2 heterocycles. The SMILES string of the molecule is CC(C)(C)C1c2ccccc2C2(CCNCC2)CN1C(=O)O.Cl. The van der Waals surface area contributed by atoms with Crippen molar-refractivity contribution < 1.29 is 9.90 Å². The van der Waals surface area contributed by atoms with Crippen LogP contribution < -0.4 is 5.32 Å². The Bertz CT molecular complexity index is 577. The van der Waals surface area contributed by atoms with E-state index in [1.54, 1.807) is 4.90 Å². The third-order valence-corrected chi connectivity index (χ3v) is 5.24. The number of fused-ring (bicyclic) bond motifs is 2. The Morgan fingerprint density at radius 1 is 1.26 bits per heavy atom. The number of nitrogens with zero attached hydrogens (tertiary/aromatic N) is 1. The van der Waals surface area contributed by atoms with E-state index in [1.165, 1.54) is 11.1 Å². The number of piperidine rings is 1. The second-order valence-electron chi connectivity index (χ2n) is 7.80. The highest BCUT2D eigenvalue weighted by atomic mass is 35.5. The van der Waals surface area contributed by atoms with Gasteiger partial charge < -0.3 is 10.4 Å². The van der Waals surface area contributed by atoms with Crippen molar-refractivity contribution in [1.29, 1.82) is 0 Å². The predicted molar refractivity (Wildman–Crippen MR) is 94.4 cm³/mol. The van der Waals surface area contributed by atoms with Crippen LogP contribution in [0.25, 0.3) is 0 Å². The number of carbonyl (C=O) groups is 1. The van der Waals surface area contributed by atoms with Crippen molar-refractivity contribution in [2.24, 2.45) is 5.41 Å². The zero-order valence-corrected chi connectivity index (χ0v) is 14.9. The molecule has 1 aromatic carbocycles. The van der Waals surface area contributed by atoms with E-state index in [1.807, 2.05) is 6.07 Å². The average Bonchev–Trinajstić information content (AvgIpc) is 2.46. The van der Waals surface area contributed by atoms with Gasteiger partial charge in [-0.2, -0.15) is 0 Å². The molecule has 3 rings (SSSR count). The molecular weight excluding hydrogens is 312 g/mol. The fourth-order valence-electron chi connectivity index (χ4n) is 4.33. The third-order valence-electron chi connectivity index (χ3n) is 5.24. The Hall–Kier alpha value is -1.26. The van der Waals surface area contributed by atoms with Crippen LogP contribution in [0.2, 0.25) is 0 Å². The lowest BCUT2D eigenvalue weighted by atomic mass is 9.64. The molecule has 2 aliphatic rings. The molecular formula is C18H27ClN2O2. The topological polar surface area (TPSA) is 52.6 Å². The summed E-state index contributed by atoms with van der Waals surface area (Å²) in [5, 5.41) is 13.2. The van der Waals surface area contributed by atoms with Crippen molar-refractivity contribution in [2.75, 3.05) is 19.6 Å². The van der Waals surface area contributed by atoms with Crippen molar-refractivity contribution in [3.8, 4) is 0 Å². The van der Waals surface area contributed by atoms with Crippen LogP contribution in [-0.2, 0) is 5.41 Å². The second-order valence-corrected chi connectivity index (χ2v) is 7.80. The van der Waals surface area contributed by atoms with Gasteiger partial charge in [0.2, 0.25) is 0 Å². The fraction of sp³-hybridized carbons (Fsp3) is 0.611. The first-order chi connectivity index (χ1) is 10.4. The smallest absolute Gasteiger partial charge is 0.407 e. The number of benzene rings is 1. The highest BCUT2D eigenvalue weighted by molar-refractivity contribution is 5.85. The van der Waals surface area contributed by atoms with Gasteiger partial charge in [-0.05, 0) is 42.5 Å². The molecule has 0 bridgehead atoms. The average molecular weight is 339 g/mol. The zero-order valence-electron chi connectivity index (χ0n) is 14.1. The lowest BCUT2D eigenvalue weighted by Crippen LogP contribution is -2.56. The van der Waals surface area contributed by atoms with Crippen LogP contribution in [0.1, 0.15) is 50.8 Å². The van der Waals surface area contributed by atoms with Crippen molar-refractivity contribution in [2.45, 2.75) is 45.1 Å². The summed E-state index contributed by atoms with van der Waals surface area (Å²) < 4.78 is 0. The van der Waals surface area contributed by atoms with Gasteiger partial charge in [0.1, 0.15) is 0 Å². The van der Waals surface area contributed by atoms with Crippen molar-refractivity contribution in [3.05, 3.63) is 35.4 Å². The van der Waals surface area contributed by atoms with Gasteiger partial charge in [-0.25, -0.2) is 4.79 Å². The van der Waals surface area contributed by atoms with E-state index in [9.17, 15) is 9.90 Å². The molecule has 1 amide bonds. The van der Waals surface area contributed by atoms with Crippen molar-refractivity contribution >= 4 is 18.5 Å². The number of hydrogen-bond acceptors (Lipinski definition) is 2. The second kappa shape index (κ2) is 6.33. The molecule has 1 fully saturated rings. The first kappa shape index (κ1) is 18.1. The summed E-state index contributed by atoms with van der Waals surface area (Å²) in [6, 6.07) is 8.40. The molecule has 1 spiro atoms. The van der Waals surface area contributed by atoms with Crippen LogP contribution >= 0.6 is 12.4 Å². The summed E-state index contributed by atoms with van der Waals surface area (Å²) in [6.45, 7) is 8.92. The van der Waals surface area contributed by atoms with Crippen LogP contribution in [0.3, 0.4) is 0 Å². The number of carboxylic acid groups (broad SMARTS) is 1. The van der Waals surface area contributed by atoms with Crippen molar-refractivity contribution in [3.63, 3.8) is 0 Å². The van der Waals surface area contributed by atoms with Gasteiger partial charge in [0, 0.05) is 12.0 Å². The molecule has 2 N–H and O–H groups in total. The van der Waals surface area contributed by atoms with Crippen LogP contribution in [0, 0.1) is 5.41 Å². The molecule has 0 saturated carbocycles. The molecule has 5 heteroatoms. The van der Waals surface area contributed by atoms with E-state index < -0.39 is 6.09 Å². The maximum atomic E-state index is 12.0. The van der Waals surface area contributed by atoms with E-state index in [-0.39, 0.29) is 29.3 Å². The van der Waals surface area contributed by atoms with Gasteiger partial charge in [0.25, 0.3) is 0 Å². The number of hydrogen-bond donors (Lipinski definition) is 2.